The van der Waals surface area contributed by atoms with Crippen molar-refractivity contribution in [2.45, 2.75) is 17.7 Å². The maximum Gasteiger partial charge on any atom is 0.160 e. The van der Waals surface area contributed by atoms with E-state index < -0.39 is 0 Å². The van der Waals surface area contributed by atoms with Gasteiger partial charge in [0.05, 0.1) is 0 Å². The Labute approximate surface area is 126 Å². The molecule has 0 aliphatic rings. The van der Waals surface area contributed by atoms with E-state index in [-0.39, 0.29) is 5.82 Å². The van der Waals surface area contributed by atoms with Gasteiger partial charge in [-0.25, -0.2) is 9.37 Å². The van der Waals surface area contributed by atoms with Gasteiger partial charge in [-0.2, -0.15) is 0 Å². The second kappa shape index (κ2) is 6.05. The number of nitrogens with zero attached hydrogens (tertiary/aromatic N) is 4. The van der Waals surface area contributed by atoms with Crippen molar-refractivity contribution in [2.75, 3.05) is 0 Å². The number of hydrogen-bond acceptors (Lipinski definition) is 4. The Hall–Kier alpha value is -2.21. The summed E-state index contributed by atoms with van der Waals surface area (Å²) >= 11 is 1.46. The number of halogens is 1. The highest BCUT2D eigenvalue weighted by molar-refractivity contribution is 7.98. The van der Waals surface area contributed by atoms with Crippen molar-refractivity contribution in [2.24, 2.45) is 0 Å². The summed E-state index contributed by atoms with van der Waals surface area (Å²) in [5.74, 6) is 1.92. The molecular weight excluding hydrogens is 287 g/mol. The molecule has 0 fully saturated rings. The number of benzene rings is 1. The zero-order valence-corrected chi connectivity index (χ0v) is 12.2. The number of hydrogen-bond donors (Lipinski definition) is 0. The summed E-state index contributed by atoms with van der Waals surface area (Å²) in [6, 6.07) is 10.5. The van der Waals surface area contributed by atoms with Crippen LogP contribution < -0.4 is 0 Å². The topological polar surface area (TPSA) is 43.6 Å². The molecule has 4 nitrogen and oxygen atoms in total. The van der Waals surface area contributed by atoms with Gasteiger partial charge in [-0.15, -0.1) is 10.2 Å². The Kier molecular flexibility index (Phi) is 3.96. The lowest BCUT2D eigenvalue weighted by atomic mass is 10.2. The second-order valence-corrected chi connectivity index (χ2v) is 5.45. The highest BCUT2D eigenvalue weighted by Crippen LogP contribution is 2.22. The molecule has 1 aromatic carbocycles. The lowest BCUT2D eigenvalue weighted by Gasteiger charge is -2.05. The van der Waals surface area contributed by atoms with Gasteiger partial charge >= 0.3 is 0 Å². The monoisotopic (exact) mass is 300 g/mol. The molecular formula is C15H13FN4S. The van der Waals surface area contributed by atoms with E-state index in [0.717, 1.165) is 16.7 Å². The summed E-state index contributed by atoms with van der Waals surface area (Å²) in [7, 11) is 0. The zero-order chi connectivity index (χ0) is 14.7. The standard InChI is InChI=1S/C15H13FN4S/c1-11-17-8-9-20(11)14-6-7-15(19-18-14)21-10-12-4-2-3-5-13(12)16/h2-9H,10H2,1H3. The molecule has 0 spiro atoms. The van der Waals surface area contributed by atoms with Crippen LogP contribution in [0.25, 0.3) is 5.82 Å². The van der Waals surface area contributed by atoms with Crippen LogP contribution in [0.2, 0.25) is 0 Å². The third-order valence-electron chi connectivity index (χ3n) is 3.03. The fraction of sp³-hybridized carbons (Fsp3) is 0.133. The number of imidazole rings is 1. The van der Waals surface area contributed by atoms with E-state index in [1.807, 2.05) is 35.9 Å². The Morgan fingerprint density at radius 3 is 2.67 bits per heavy atom. The van der Waals surface area contributed by atoms with Crippen LogP contribution in [0.5, 0.6) is 0 Å². The molecule has 0 saturated heterocycles. The van der Waals surface area contributed by atoms with E-state index in [0.29, 0.717) is 11.3 Å². The third kappa shape index (κ3) is 3.11. The summed E-state index contributed by atoms with van der Waals surface area (Å²) in [5.41, 5.74) is 0.666. The molecule has 0 radical (unpaired) electrons. The van der Waals surface area contributed by atoms with Gasteiger partial charge in [0.25, 0.3) is 0 Å². The van der Waals surface area contributed by atoms with Crippen LogP contribution in [0.4, 0.5) is 4.39 Å². The van der Waals surface area contributed by atoms with Crippen molar-refractivity contribution < 1.29 is 4.39 Å². The highest BCUT2D eigenvalue weighted by atomic mass is 32.2. The minimum absolute atomic E-state index is 0.191. The normalized spacial score (nSPS) is 10.8. The molecule has 2 aromatic heterocycles. The predicted octanol–water partition coefficient (Wildman–Crippen LogP) is 3.40. The van der Waals surface area contributed by atoms with E-state index in [4.69, 9.17) is 0 Å². The van der Waals surface area contributed by atoms with Crippen molar-refractivity contribution in [1.82, 2.24) is 19.7 Å². The molecule has 0 aliphatic carbocycles. The molecule has 3 rings (SSSR count). The Bertz CT molecular complexity index is 739. The van der Waals surface area contributed by atoms with Crippen LogP contribution in [0.3, 0.4) is 0 Å². The average Bonchev–Trinajstić information content (AvgIpc) is 2.93. The minimum atomic E-state index is -0.191. The zero-order valence-electron chi connectivity index (χ0n) is 11.4. The van der Waals surface area contributed by atoms with Crippen molar-refractivity contribution in [3.63, 3.8) is 0 Å². The van der Waals surface area contributed by atoms with Gasteiger partial charge in [0.15, 0.2) is 5.82 Å². The van der Waals surface area contributed by atoms with Crippen molar-refractivity contribution >= 4 is 11.8 Å². The van der Waals surface area contributed by atoms with Gasteiger partial charge in [-0.05, 0) is 30.7 Å². The van der Waals surface area contributed by atoms with Crippen LogP contribution in [0.15, 0.2) is 53.8 Å². The van der Waals surface area contributed by atoms with Crippen LogP contribution in [0.1, 0.15) is 11.4 Å². The fourth-order valence-corrected chi connectivity index (χ4v) is 2.71. The maximum atomic E-state index is 13.5. The Balaban J connectivity index is 1.71. The van der Waals surface area contributed by atoms with E-state index >= 15 is 0 Å². The molecule has 106 valence electrons. The van der Waals surface area contributed by atoms with Gasteiger partial charge in [-0.3, -0.25) is 4.57 Å². The smallest absolute Gasteiger partial charge is 0.160 e. The molecule has 0 unspecified atom stereocenters. The molecule has 2 heterocycles. The molecule has 0 N–H and O–H groups in total. The molecule has 0 saturated carbocycles. The van der Waals surface area contributed by atoms with Gasteiger partial charge in [0, 0.05) is 18.1 Å². The number of rotatable bonds is 4. The minimum Gasteiger partial charge on any atom is -0.287 e. The van der Waals surface area contributed by atoms with Gasteiger partial charge in [-0.1, -0.05) is 30.0 Å². The van der Waals surface area contributed by atoms with E-state index in [1.54, 1.807) is 18.3 Å². The summed E-state index contributed by atoms with van der Waals surface area (Å²) in [4.78, 5) is 4.15. The third-order valence-corrected chi connectivity index (χ3v) is 4.00. The molecule has 0 aliphatic heterocycles. The van der Waals surface area contributed by atoms with E-state index in [9.17, 15) is 4.39 Å². The average molecular weight is 300 g/mol. The highest BCUT2D eigenvalue weighted by Gasteiger charge is 2.05. The first-order chi connectivity index (χ1) is 10.2. The quantitative estimate of drug-likeness (QED) is 0.693. The van der Waals surface area contributed by atoms with Gasteiger partial charge in [0.2, 0.25) is 0 Å². The number of thioether (sulfide) groups is 1. The Morgan fingerprint density at radius 2 is 2.00 bits per heavy atom. The lowest BCUT2D eigenvalue weighted by Crippen LogP contribution is -2.00. The van der Waals surface area contributed by atoms with Crippen molar-refractivity contribution in [3.8, 4) is 5.82 Å². The summed E-state index contributed by atoms with van der Waals surface area (Å²) in [5, 5.41) is 9.10. The predicted molar refractivity (Wildman–Crippen MR) is 79.9 cm³/mol. The van der Waals surface area contributed by atoms with Crippen LogP contribution in [-0.2, 0) is 5.75 Å². The van der Waals surface area contributed by atoms with E-state index in [2.05, 4.69) is 15.2 Å². The molecule has 0 atom stereocenters. The van der Waals surface area contributed by atoms with Gasteiger partial charge in [0.1, 0.15) is 16.7 Å². The molecule has 3 aromatic rings. The first-order valence-electron chi connectivity index (χ1n) is 6.44. The summed E-state index contributed by atoms with van der Waals surface area (Å²) in [6.45, 7) is 1.91. The van der Waals surface area contributed by atoms with E-state index in [1.165, 1.54) is 17.8 Å². The second-order valence-electron chi connectivity index (χ2n) is 4.45. The van der Waals surface area contributed by atoms with Crippen LogP contribution >= 0.6 is 11.8 Å². The van der Waals surface area contributed by atoms with Crippen molar-refractivity contribution in [1.29, 1.82) is 0 Å². The largest absolute Gasteiger partial charge is 0.287 e. The van der Waals surface area contributed by atoms with Crippen molar-refractivity contribution in [3.05, 3.63) is 66.0 Å². The summed E-state index contributed by atoms with van der Waals surface area (Å²) < 4.78 is 15.4. The van der Waals surface area contributed by atoms with Crippen LogP contribution in [-0.4, -0.2) is 19.7 Å². The lowest BCUT2D eigenvalue weighted by molar-refractivity contribution is 0.617. The number of aryl methyl sites for hydroxylation is 1. The van der Waals surface area contributed by atoms with Crippen LogP contribution in [0, 0.1) is 12.7 Å². The summed E-state index contributed by atoms with van der Waals surface area (Å²) in [6.07, 6.45) is 3.56. The first-order valence-corrected chi connectivity index (χ1v) is 7.43. The SMILES string of the molecule is Cc1nccn1-c1ccc(SCc2ccccc2F)nn1. The molecule has 6 heteroatoms. The fourth-order valence-electron chi connectivity index (χ4n) is 1.91. The molecule has 0 bridgehead atoms. The Morgan fingerprint density at radius 1 is 1.14 bits per heavy atom. The molecule has 21 heavy (non-hydrogen) atoms. The molecule has 0 amide bonds. The first kappa shape index (κ1) is 13.8. The number of aromatic nitrogens is 4. The van der Waals surface area contributed by atoms with Gasteiger partial charge < -0.3 is 0 Å². The maximum absolute atomic E-state index is 13.5.